The summed E-state index contributed by atoms with van der Waals surface area (Å²) < 4.78 is 48.8. The van der Waals surface area contributed by atoms with E-state index in [0.29, 0.717) is 26.1 Å². The predicted molar refractivity (Wildman–Crippen MR) is 78.1 cm³/mol. The largest absolute Gasteiger partial charge is 0.406 e. The number of hydrogen-bond donors (Lipinski definition) is 0. The molecule has 23 heavy (non-hydrogen) atoms. The van der Waals surface area contributed by atoms with Crippen LogP contribution in [-0.4, -0.2) is 49.9 Å². The van der Waals surface area contributed by atoms with E-state index in [1.165, 1.54) is 12.1 Å². The lowest BCUT2D eigenvalue weighted by Gasteiger charge is -2.34. The summed E-state index contributed by atoms with van der Waals surface area (Å²) in [5, 5.41) is 0. The monoisotopic (exact) mass is 331 g/mol. The number of halogens is 3. The summed E-state index contributed by atoms with van der Waals surface area (Å²) in [6, 6.07) is 5.88. The Labute approximate surface area is 133 Å². The molecule has 2 rings (SSSR count). The zero-order chi connectivity index (χ0) is 16.9. The van der Waals surface area contributed by atoms with Crippen molar-refractivity contribution in [1.82, 2.24) is 4.90 Å². The van der Waals surface area contributed by atoms with Crippen LogP contribution in [0.25, 0.3) is 0 Å². The van der Waals surface area contributed by atoms with Gasteiger partial charge in [-0.3, -0.25) is 4.79 Å². The minimum absolute atomic E-state index is 0.142. The van der Waals surface area contributed by atoms with Crippen molar-refractivity contribution in [1.29, 1.82) is 0 Å². The second kappa shape index (κ2) is 7.79. The third kappa shape index (κ3) is 5.21. The fourth-order valence-electron chi connectivity index (χ4n) is 2.61. The minimum atomic E-state index is -4.44. The first-order chi connectivity index (χ1) is 10.9. The molecule has 0 N–H and O–H groups in total. The molecule has 0 unspecified atom stereocenters. The first-order valence-corrected chi connectivity index (χ1v) is 7.44. The number of amides is 1. The predicted octanol–water partition coefficient (Wildman–Crippen LogP) is 3.02. The van der Waals surface area contributed by atoms with Gasteiger partial charge in [0.1, 0.15) is 6.54 Å². The molecule has 1 heterocycles. The highest BCUT2D eigenvalue weighted by molar-refractivity contribution is 5.94. The topological polar surface area (TPSA) is 38.8 Å². The molecule has 4 nitrogen and oxygen atoms in total. The Kier molecular flexibility index (Phi) is 6.01. The van der Waals surface area contributed by atoms with E-state index in [4.69, 9.17) is 9.47 Å². The van der Waals surface area contributed by atoms with Crippen LogP contribution in [-0.2, 0) is 16.1 Å². The van der Waals surface area contributed by atoms with Gasteiger partial charge in [0.05, 0.1) is 19.3 Å². The maximum Gasteiger partial charge on any atom is 0.406 e. The molecule has 1 saturated heterocycles. The highest BCUT2D eigenvalue weighted by atomic mass is 19.4. The molecule has 0 radical (unpaired) electrons. The van der Waals surface area contributed by atoms with Crippen molar-refractivity contribution in [2.45, 2.75) is 31.7 Å². The maximum absolute atomic E-state index is 12.9. The van der Waals surface area contributed by atoms with Crippen LogP contribution in [0.5, 0.6) is 0 Å². The SMILES string of the molecule is COCc1ccc(C(=O)N(CC(F)(F)F)[C@@H]2CCCOC2)cc1. The maximum atomic E-state index is 12.9. The number of alkyl halides is 3. The van der Waals surface area contributed by atoms with Crippen LogP contribution in [0.4, 0.5) is 13.2 Å². The van der Waals surface area contributed by atoms with Crippen LogP contribution in [0.2, 0.25) is 0 Å². The lowest BCUT2D eigenvalue weighted by atomic mass is 10.1. The van der Waals surface area contributed by atoms with Gasteiger partial charge in [0.25, 0.3) is 5.91 Å². The third-order valence-electron chi connectivity index (χ3n) is 3.70. The van der Waals surface area contributed by atoms with Crippen molar-refractivity contribution in [2.24, 2.45) is 0 Å². The van der Waals surface area contributed by atoms with E-state index >= 15 is 0 Å². The van der Waals surface area contributed by atoms with E-state index in [1.807, 2.05) is 0 Å². The fourth-order valence-corrected chi connectivity index (χ4v) is 2.61. The number of benzene rings is 1. The normalized spacial score (nSPS) is 18.7. The van der Waals surface area contributed by atoms with E-state index in [2.05, 4.69) is 0 Å². The smallest absolute Gasteiger partial charge is 0.380 e. The minimum Gasteiger partial charge on any atom is -0.380 e. The molecule has 1 amide bonds. The molecule has 1 aliphatic rings. The summed E-state index contributed by atoms with van der Waals surface area (Å²) >= 11 is 0. The number of hydrogen-bond acceptors (Lipinski definition) is 3. The highest BCUT2D eigenvalue weighted by Gasteiger charge is 2.37. The van der Waals surface area contributed by atoms with E-state index in [0.717, 1.165) is 10.5 Å². The zero-order valence-corrected chi connectivity index (χ0v) is 12.9. The highest BCUT2D eigenvalue weighted by Crippen LogP contribution is 2.23. The fraction of sp³-hybridized carbons (Fsp3) is 0.562. The van der Waals surface area contributed by atoms with Gasteiger partial charge in [-0.15, -0.1) is 0 Å². The van der Waals surface area contributed by atoms with Gasteiger partial charge in [0.2, 0.25) is 0 Å². The average Bonchev–Trinajstić information content (AvgIpc) is 2.53. The summed E-state index contributed by atoms with van der Waals surface area (Å²) in [5.74, 6) is -0.623. The Morgan fingerprint density at radius 3 is 2.57 bits per heavy atom. The summed E-state index contributed by atoms with van der Waals surface area (Å²) in [6.45, 7) is -0.212. The molecule has 7 heteroatoms. The second-order valence-electron chi connectivity index (χ2n) is 5.55. The molecule has 128 valence electrons. The van der Waals surface area contributed by atoms with Crippen LogP contribution < -0.4 is 0 Å². The number of methoxy groups -OCH3 is 1. The van der Waals surface area contributed by atoms with Crippen molar-refractivity contribution in [3.8, 4) is 0 Å². The molecule has 1 atom stereocenters. The molecule has 1 fully saturated rings. The molecule has 0 saturated carbocycles. The number of rotatable bonds is 5. The van der Waals surface area contributed by atoms with Crippen LogP contribution in [0.3, 0.4) is 0 Å². The van der Waals surface area contributed by atoms with Gasteiger partial charge in [-0.1, -0.05) is 12.1 Å². The van der Waals surface area contributed by atoms with Crippen molar-refractivity contribution in [3.05, 3.63) is 35.4 Å². The molecule has 1 aromatic rings. The van der Waals surface area contributed by atoms with Gasteiger partial charge in [0, 0.05) is 19.3 Å². The molecule has 1 aliphatic heterocycles. The van der Waals surface area contributed by atoms with Crippen molar-refractivity contribution < 1.29 is 27.4 Å². The van der Waals surface area contributed by atoms with Crippen LogP contribution in [0, 0.1) is 0 Å². The van der Waals surface area contributed by atoms with Gasteiger partial charge in [-0.05, 0) is 30.5 Å². The summed E-state index contributed by atoms with van der Waals surface area (Å²) in [7, 11) is 1.55. The molecular formula is C16H20F3NO3. The van der Waals surface area contributed by atoms with Crippen LogP contribution in [0.15, 0.2) is 24.3 Å². The lowest BCUT2D eigenvalue weighted by Crippen LogP contribution is -2.49. The van der Waals surface area contributed by atoms with Gasteiger partial charge >= 0.3 is 6.18 Å². The zero-order valence-electron chi connectivity index (χ0n) is 12.9. The standard InChI is InChI=1S/C16H20F3NO3/c1-22-9-12-4-6-13(7-5-12)15(21)20(11-16(17,18)19)14-3-2-8-23-10-14/h4-7,14H,2-3,8-11H2,1H3/t14-/m1/s1. The van der Waals surface area contributed by atoms with Gasteiger partial charge in [0.15, 0.2) is 0 Å². The second-order valence-corrected chi connectivity index (χ2v) is 5.55. The summed E-state index contributed by atoms with van der Waals surface area (Å²) in [4.78, 5) is 13.4. The Morgan fingerprint density at radius 1 is 1.35 bits per heavy atom. The number of nitrogens with zero attached hydrogens (tertiary/aromatic N) is 1. The third-order valence-corrected chi connectivity index (χ3v) is 3.70. The van der Waals surface area contributed by atoms with E-state index < -0.39 is 24.7 Å². The van der Waals surface area contributed by atoms with Gasteiger partial charge in [-0.25, -0.2) is 0 Å². The average molecular weight is 331 g/mol. The van der Waals surface area contributed by atoms with Crippen LogP contribution in [0.1, 0.15) is 28.8 Å². The molecule has 0 aliphatic carbocycles. The quantitative estimate of drug-likeness (QED) is 0.832. The van der Waals surface area contributed by atoms with E-state index in [-0.39, 0.29) is 12.2 Å². The Bertz CT molecular complexity index is 510. The molecule has 1 aromatic carbocycles. The lowest BCUT2D eigenvalue weighted by molar-refractivity contribution is -0.148. The molecule has 0 aromatic heterocycles. The molecular weight excluding hydrogens is 311 g/mol. The van der Waals surface area contributed by atoms with Crippen molar-refractivity contribution in [2.75, 3.05) is 26.9 Å². The summed E-state index contributed by atoms with van der Waals surface area (Å²) in [6.07, 6.45) is -3.27. The molecule has 0 spiro atoms. The molecule has 0 bridgehead atoms. The number of carbonyl (C=O) groups is 1. The number of carbonyl (C=O) groups excluding carboxylic acids is 1. The number of ether oxygens (including phenoxy) is 2. The van der Waals surface area contributed by atoms with Gasteiger partial charge < -0.3 is 14.4 Å². The van der Waals surface area contributed by atoms with E-state index in [9.17, 15) is 18.0 Å². The first-order valence-electron chi connectivity index (χ1n) is 7.44. The van der Waals surface area contributed by atoms with E-state index in [1.54, 1.807) is 19.2 Å². The Hall–Kier alpha value is -1.60. The first kappa shape index (κ1) is 17.7. The summed E-state index contributed by atoms with van der Waals surface area (Å²) in [5.41, 5.74) is 1.09. The Morgan fingerprint density at radius 2 is 2.04 bits per heavy atom. The van der Waals surface area contributed by atoms with Crippen molar-refractivity contribution >= 4 is 5.91 Å². The van der Waals surface area contributed by atoms with Crippen molar-refractivity contribution in [3.63, 3.8) is 0 Å². The Balaban J connectivity index is 2.17. The van der Waals surface area contributed by atoms with Gasteiger partial charge in [-0.2, -0.15) is 13.2 Å². The van der Waals surface area contributed by atoms with Crippen LogP contribution >= 0.6 is 0 Å².